The summed E-state index contributed by atoms with van der Waals surface area (Å²) in [6.45, 7) is 6.05. The second kappa shape index (κ2) is 4.90. The minimum Gasteiger partial charge on any atom is -0.575 e. The van der Waals surface area contributed by atoms with Crippen LogP contribution in [0.4, 0.5) is 0 Å². The molecule has 0 radical (unpaired) electrons. The highest BCUT2D eigenvalue weighted by Crippen LogP contribution is 2.63. The van der Waals surface area contributed by atoms with E-state index in [1.807, 2.05) is 0 Å². The molecule has 1 aliphatic heterocycles. The van der Waals surface area contributed by atoms with Crippen molar-refractivity contribution >= 4 is 5.97 Å². The summed E-state index contributed by atoms with van der Waals surface area (Å²) in [5.74, 6) is -1.43. The highest BCUT2D eigenvalue weighted by atomic mass is 16.8. The van der Waals surface area contributed by atoms with Crippen molar-refractivity contribution in [3.8, 4) is 0 Å². The molecule has 0 spiro atoms. The summed E-state index contributed by atoms with van der Waals surface area (Å²) in [6, 6.07) is 0. The molecule has 3 atom stereocenters. The Labute approximate surface area is 125 Å². The Kier molecular flexibility index (Phi) is 3.43. The van der Waals surface area contributed by atoms with Crippen LogP contribution in [-0.2, 0) is 14.3 Å². The lowest BCUT2D eigenvalue weighted by molar-refractivity contribution is -0.394. The van der Waals surface area contributed by atoms with Gasteiger partial charge in [-0.2, -0.15) is 0 Å². The lowest BCUT2D eigenvalue weighted by Gasteiger charge is -2.41. The Bertz CT molecular complexity index is 471. The molecule has 3 rings (SSSR count). The number of rotatable bonds is 4. The van der Waals surface area contributed by atoms with Gasteiger partial charge in [-0.1, -0.05) is 19.8 Å². The third-order valence-electron chi connectivity index (χ3n) is 4.99. The first-order chi connectivity index (χ1) is 9.92. The molecule has 0 bridgehead atoms. The van der Waals surface area contributed by atoms with Gasteiger partial charge in [0, 0.05) is 0 Å². The third kappa shape index (κ3) is 2.22. The maximum atomic E-state index is 12.4. The van der Waals surface area contributed by atoms with Crippen molar-refractivity contribution < 1.29 is 19.4 Å². The van der Waals surface area contributed by atoms with Crippen LogP contribution in [0, 0.1) is 11.8 Å². The van der Waals surface area contributed by atoms with Gasteiger partial charge in [0.05, 0.1) is 17.1 Å². The van der Waals surface area contributed by atoms with E-state index in [1.165, 1.54) is 12.8 Å². The molecule has 1 heterocycles. The van der Waals surface area contributed by atoms with Gasteiger partial charge >= 0.3 is 5.97 Å². The first-order valence-corrected chi connectivity index (χ1v) is 8.01. The lowest BCUT2D eigenvalue weighted by atomic mass is 9.99. The molecule has 2 aliphatic carbocycles. The van der Waals surface area contributed by atoms with Gasteiger partial charge < -0.3 is 19.9 Å². The summed E-state index contributed by atoms with van der Waals surface area (Å²) >= 11 is 0. The van der Waals surface area contributed by atoms with Crippen LogP contribution in [0.15, 0.2) is 11.5 Å². The molecule has 0 saturated heterocycles. The molecule has 5 heteroatoms. The van der Waals surface area contributed by atoms with Gasteiger partial charge in [-0.3, -0.25) is 0 Å². The number of esters is 1. The Morgan fingerprint density at radius 2 is 1.86 bits per heavy atom. The van der Waals surface area contributed by atoms with Gasteiger partial charge in [-0.05, 0) is 51.5 Å². The predicted molar refractivity (Wildman–Crippen MR) is 74.8 cm³/mol. The molecule has 0 amide bonds. The van der Waals surface area contributed by atoms with Crippen molar-refractivity contribution in [1.82, 2.24) is 5.32 Å². The van der Waals surface area contributed by atoms with Crippen molar-refractivity contribution in [2.24, 2.45) is 11.8 Å². The number of carbonyl (C=O) groups excluding carboxylic acids is 1. The zero-order valence-electron chi connectivity index (χ0n) is 13.0. The van der Waals surface area contributed by atoms with Crippen molar-refractivity contribution in [3.63, 3.8) is 0 Å². The molecule has 5 nitrogen and oxygen atoms in total. The first-order valence-electron chi connectivity index (χ1n) is 8.01. The molecular formula is C16H24NO4-. The fourth-order valence-electron chi connectivity index (χ4n) is 4.17. The van der Waals surface area contributed by atoms with E-state index in [2.05, 4.69) is 12.2 Å². The summed E-state index contributed by atoms with van der Waals surface area (Å²) < 4.78 is 10.6. The van der Waals surface area contributed by atoms with E-state index in [9.17, 15) is 9.90 Å². The minimum absolute atomic E-state index is 0.201. The average molecular weight is 294 g/mol. The zero-order chi connectivity index (χ0) is 15.3. The Morgan fingerprint density at radius 3 is 2.38 bits per heavy atom. The number of hydrogen-bond donors (Lipinski definition) is 1. The highest BCUT2D eigenvalue weighted by Gasteiger charge is 2.68. The maximum absolute atomic E-state index is 12.4. The van der Waals surface area contributed by atoms with Gasteiger partial charge in [-0.15, -0.1) is 0 Å². The van der Waals surface area contributed by atoms with E-state index in [1.54, 1.807) is 13.8 Å². The fourth-order valence-corrected chi connectivity index (χ4v) is 4.17. The largest absolute Gasteiger partial charge is 0.575 e. The van der Waals surface area contributed by atoms with E-state index in [4.69, 9.17) is 9.47 Å². The molecule has 0 aromatic heterocycles. The standard InChI is InChI=1S/C16H25NO4/c1-4-9-17-16(10-7-5-6-8-11(10)16)12-13(18)20-15(2,3)21-14(12)19/h10-11,17-18H,4-9H2,1-3H3/p-1/t10-,11+,16?. The van der Waals surface area contributed by atoms with E-state index in [0.717, 1.165) is 25.8 Å². The van der Waals surface area contributed by atoms with Crippen molar-refractivity contribution in [3.05, 3.63) is 11.5 Å². The first kappa shape index (κ1) is 14.7. The summed E-state index contributed by atoms with van der Waals surface area (Å²) in [6.07, 6.45) is 5.42. The average Bonchev–Trinajstić information content (AvgIpc) is 3.03. The van der Waals surface area contributed by atoms with E-state index in [0.29, 0.717) is 11.8 Å². The summed E-state index contributed by atoms with van der Waals surface area (Å²) in [5, 5.41) is 15.9. The Balaban J connectivity index is 1.96. The van der Waals surface area contributed by atoms with E-state index >= 15 is 0 Å². The quantitative estimate of drug-likeness (QED) is 0.794. The normalized spacial score (nSPS) is 37.6. The summed E-state index contributed by atoms with van der Waals surface area (Å²) in [7, 11) is 0. The number of cyclic esters (lactones) is 1. The minimum atomic E-state index is -1.16. The van der Waals surface area contributed by atoms with E-state index < -0.39 is 23.2 Å². The summed E-state index contributed by atoms with van der Waals surface area (Å²) in [4.78, 5) is 12.4. The van der Waals surface area contributed by atoms with Crippen LogP contribution in [0.25, 0.3) is 0 Å². The number of nitrogens with one attached hydrogen (secondary N) is 1. The Morgan fingerprint density at radius 1 is 1.24 bits per heavy atom. The van der Waals surface area contributed by atoms with Gasteiger partial charge in [-0.25, -0.2) is 4.79 Å². The molecule has 3 aliphatic rings. The predicted octanol–water partition coefficient (Wildman–Crippen LogP) is 1.43. The second-order valence-electron chi connectivity index (χ2n) is 6.85. The molecule has 2 saturated carbocycles. The third-order valence-corrected chi connectivity index (χ3v) is 4.99. The Hall–Kier alpha value is -1.23. The lowest BCUT2D eigenvalue weighted by Crippen LogP contribution is -2.49. The number of carbonyl (C=O) groups is 1. The van der Waals surface area contributed by atoms with Crippen LogP contribution in [0.3, 0.4) is 0 Å². The van der Waals surface area contributed by atoms with Crippen LogP contribution in [-0.4, -0.2) is 23.8 Å². The summed E-state index contributed by atoms with van der Waals surface area (Å²) in [5.41, 5.74) is -0.302. The highest BCUT2D eigenvalue weighted by molar-refractivity contribution is 5.93. The van der Waals surface area contributed by atoms with Gasteiger partial charge in [0.25, 0.3) is 0 Å². The van der Waals surface area contributed by atoms with Crippen molar-refractivity contribution in [2.75, 3.05) is 6.54 Å². The van der Waals surface area contributed by atoms with Crippen LogP contribution in [0.1, 0.15) is 52.9 Å². The van der Waals surface area contributed by atoms with Crippen LogP contribution in [0.2, 0.25) is 0 Å². The molecule has 1 N–H and O–H groups in total. The van der Waals surface area contributed by atoms with Gasteiger partial charge in [0.1, 0.15) is 0 Å². The molecule has 118 valence electrons. The van der Waals surface area contributed by atoms with Crippen molar-refractivity contribution in [1.29, 1.82) is 0 Å². The number of hydrogen-bond acceptors (Lipinski definition) is 5. The molecule has 0 aromatic rings. The SMILES string of the molecule is CCCNC1(C2=C([O-])OC(C)(C)OC2=O)[C@@H]2CCCC[C@@H]21. The second-order valence-corrected chi connectivity index (χ2v) is 6.85. The van der Waals surface area contributed by atoms with E-state index in [-0.39, 0.29) is 5.57 Å². The fraction of sp³-hybridized carbons (Fsp3) is 0.812. The monoisotopic (exact) mass is 294 g/mol. The number of fused-ring (bicyclic) bond motifs is 1. The topological polar surface area (TPSA) is 70.6 Å². The van der Waals surface area contributed by atoms with Crippen LogP contribution >= 0.6 is 0 Å². The molecule has 21 heavy (non-hydrogen) atoms. The molecular weight excluding hydrogens is 270 g/mol. The van der Waals surface area contributed by atoms with Crippen LogP contribution < -0.4 is 10.4 Å². The molecule has 1 unspecified atom stereocenters. The van der Waals surface area contributed by atoms with Gasteiger partial charge in [0.15, 0.2) is 5.79 Å². The van der Waals surface area contributed by atoms with Crippen LogP contribution in [0.5, 0.6) is 0 Å². The number of ether oxygens (including phenoxy) is 2. The smallest absolute Gasteiger partial charge is 0.339 e. The maximum Gasteiger partial charge on any atom is 0.339 e. The molecule has 0 aromatic carbocycles. The van der Waals surface area contributed by atoms with Crippen molar-refractivity contribution in [2.45, 2.75) is 64.2 Å². The van der Waals surface area contributed by atoms with Gasteiger partial charge in [0.2, 0.25) is 0 Å². The zero-order valence-corrected chi connectivity index (χ0v) is 13.0. The molecule has 2 fully saturated rings.